The molecule has 0 aliphatic carbocycles. The third-order valence-corrected chi connectivity index (χ3v) is 4.40. The van der Waals surface area contributed by atoms with Crippen molar-refractivity contribution in [1.29, 1.82) is 0 Å². The van der Waals surface area contributed by atoms with Gasteiger partial charge in [-0.1, -0.05) is 41.4 Å². The van der Waals surface area contributed by atoms with Gasteiger partial charge >= 0.3 is 0 Å². The number of rotatable bonds is 5. The first-order valence-electron chi connectivity index (χ1n) is 6.91. The highest BCUT2D eigenvalue weighted by molar-refractivity contribution is 6.42. The summed E-state index contributed by atoms with van der Waals surface area (Å²) < 4.78 is 19.4. The van der Waals surface area contributed by atoms with Gasteiger partial charge in [-0.2, -0.15) is 0 Å². The van der Waals surface area contributed by atoms with Gasteiger partial charge in [0.25, 0.3) is 5.91 Å². The van der Waals surface area contributed by atoms with Crippen molar-refractivity contribution in [3.8, 4) is 0 Å². The molecule has 2 aromatic rings. The van der Waals surface area contributed by atoms with Crippen LogP contribution in [0.2, 0.25) is 10.0 Å². The van der Waals surface area contributed by atoms with Crippen molar-refractivity contribution >= 4 is 29.1 Å². The van der Waals surface area contributed by atoms with Gasteiger partial charge in [0.2, 0.25) is 0 Å². The number of carbonyl (C=O) groups is 1. The van der Waals surface area contributed by atoms with Gasteiger partial charge in [0.15, 0.2) is 0 Å². The number of nitrogens with one attached hydrogen (secondary N) is 1. The lowest BCUT2D eigenvalue weighted by molar-refractivity contribution is 0.000389. The molecule has 1 N–H and O–H groups in total. The minimum Gasteiger partial charge on any atom is -0.372 e. The largest absolute Gasteiger partial charge is 0.372 e. The van der Waals surface area contributed by atoms with E-state index in [0.29, 0.717) is 21.2 Å². The van der Waals surface area contributed by atoms with Crippen LogP contribution in [0.15, 0.2) is 42.5 Å². The summed E-state index contributed by atoms with van der Waals surface area (Å²) >= 11 is 11.7. The van der Waals surface area contributed by atoms with Gasteiger partial charge in [-0.3, -0.25) is 4.79 Å². The van der Waals surface area contributed by atoms with Crippen LogP contribution >= 0.6 is 23.2 Å². The smallest absolute Gasteiger partial charge is 0.251 e. The standard InChI is InChI=1S/C17H16Cl2FNO2/c1-17(23-2,12-5-3-4-6-15(12)20)10-21-16(22)11-7-8-13(18)14(19)9-11/h3-9H,10H2,1-2H3,(H,21,22)/t17-/m1/s1. The average Bonchev–Trinajstić information content (AvgIpc) is 2.55. The minimum absolute atomic E-state index is 0.101. The molecule has 0 aromatic heterocycles. The van der Waals surface area contributed by atoms with Crippen molar-refractivity contribution in [2.24, 2.45) is 0 Å². The molecule has 0 saturated carbocycles. The van der Waals surface area contributed by atoms with E-state index in [1.807, 2.05) is 0 Å². The van der Waals surface area contributed by atoms with E-state index in [1.165, 1.54) is 19.2 Å². The molecule has 0 unspecified atom stereocenters. The highest BCUT2D eigenvalue weighted by Gasteiger charge is 2.29. The molecular weight excluding hydrogens is 340 g/mol. The molecule has 122 valence electrons. The summed E-state index contributed by atoms with van der Waals surface area (Å²) in [4.78, 5) is 12.2. The second kappa shape index (κ2) is 7.30. The molecule has 2 rings (SSSR count). The first-order valence-corrected chi connectivity index (χ1v) is 7.66. The maximum atomic E-state index is 14.0. The summed E-state index contributed by atoms with van der Waals surface area (Å²) in [6.45, 7) is 1.81. The molecule has 0 radical (unpaired) electrons. The van der Waals surface area contributed by atoms with Gasteiger partial charge in [0, 0.05) is 18.2 Å². The molecule has 3 nitrogen and oxygen atoms in total. The highest BCUT2D eigenvalue weighted by atomic mass is 35.5. The van der Waals surface area contributed by atoms with E-state index in [9.17, 15) is 9.18 Å². The number of hydrogen-bond acceptors (Lipinski definition) is 2. The van der Waals surface area contributed by atoms with Gasteiger partial charge in [0.1, 0.15) is 11.4 Å². The van der Waals surface area contributed by atoms with Crippen LogP contribution in [-0.4, -0.2) is 19.6 Å². The molecule has 0 bridgehead atoms. The molecule has 1 atom stereocenters. The predicted molar refractivity (Wildman–Crippen MR) is 89.6 cm³/mol. The van der Waals surface area contributed by atoms with Crippen LogP contribution in [0.4, 0.5) is 4.39 Å². The van der Waals surface area contributed by atoms with E-state index < -0.39 is 5.60 Å². The van der Waals surface area contributed by atoms with Gasteiger partial charge in [0.05, 0.1) is 16.6 Å². The van der Waals surface area contributed by atoms with Crippen LogP contribution in [0.5, 0.6) is 0 Å². The molecule has 0 fully saturated rings. The van der Waals surface area contributed by atoms with Crippen LogP contribution in [0.1, 0.15) is 22.8 Å². The summed E-state index contributed by atoms with van der Waals surface area (Å²) in [7, 11) is 1.47. The SMILES string of the molecule is CO[C@](C)(CNC(=O)c1ccc(Cl)c(Cl)c1)c1ccccc1F. The molecule has 0 saturated heterocycles. The second-order valence-electron chi connectivity index (χ2n) is 5.23. The van der Waals surface area contributed by atoms with Crippen molar-refractivity contribution in [2.75, 3.05) is 13.7 Å². The Hall–Kier alpha value is -1.62. The van der Waals surface area contributed by atoms with Crippen molar-refractivity contribution < 1.29 is 13.9 Å². The second-order valence-corrected chi connectivity index (χ2v) is 6.04. The Labute approximate surface area is 144 Å². The lowest BCUT2D eigenvalue weighted by Crippen LogP contribution is -2.40. The maximum absolute atomic E-state index is 14.0. The molecule has 1 amide bonds. The van der Waals surface area contributed by atoms with Crippen LogP contribution in [0.3, 0.4) is 0 Å². The van der Waals surface area contributed by atoms with E-state index in [4.69, 9.17) is 27.9 Å². The van der Waals surface area contributed by atoms with Gasteiger partial charge < -0.3 is 10.1 Å². The monoisotopic (exact) mass is 355 g/mol. The highest BCUT2D eigenvalue weighted by Crippen LogP contribution is 2.27. The molecule has 23 heavy (non-hydrogen) atoms. The fourth-order valence-corrected chi connectivity index (χ4v) is 2.45. The molecule has 0 aliphatic heterocycles. The zero-order valence-corrected chi connectivity index (χ0v) is 14.2. The van der Waals surface area contributed by atoms with E-state index in [0.717, 1.165) is 0 Å². The summed E-state index contributed by atoms with van der Waals surface area (Å²) in [5, 5.41) is 3.40. The number of hydrogen-bond donors (Lipinski definition) is 1. The average molecular weight is 356 g/mol. The lowest BCUT2D eigenvalue weighted by Gasteiger charge is -2.29. The number of halogens is 3. The Morgan fingerprint density at radius 1 is 1.22 bits per heavy atom. The first-order chi connectivity index (χ1) is 10.9. The van der Waals surface area contributed by atoms with Crippen molar-refractivity contribution in [3.05, 3.63) is 69.5 Å². The van der Waals surface area contributed by atoms with Crippen molar-refractivity contribution in [1.82, 2.24) is 5.32 Å². The van der Waals surface area contributed by atoms with Crippen LogP contribution < -0.4 is 5.32 Å². The first kappa shape index (κ1) is 17.7. The summed E-state index contributed by atoms with van der Waals surface area (Å²) in [6.07, 6.45) is 0. The molecule has 0 heterocycles. The third-order valence-electron chi connectivity index (χ3n) is 3.66. The van der Waals surface area contributed by atoms with E-state index >= 15 is 0 Å². The number of carbonyl (C=O) groups excluding carboxylic acids is 1. The number of amides is 1. The Bertz CT molecular complexity index is 723. The van der Waals surface area contributed by atoms with Crippen molar-refractivity contribution in [3.63, 3.8) is 0 Å². The normalized spacial score (nSPS) is 13.4. The quantitative estimate of drug-likeness (QED) is 0.861. The molecular formula is C17H16Cl2FNO2. The zero-order chi connectivity index (χ0) is 17.0. The van der Waals surface area contributed by atoms with Gasteiger partial charge in [-0.05, 0) is 31.2 Å². The Morgan fingerprint density at radius 2 is 1.91 bits per heavy atom. The van der Waals surface area contributed by atoms with Crippen molar-refractivity contribution in [2.45, 2.75) is 12.5 Å². The van der Waals surface area contributed by atoms with Crippen LogP contribution in [0, 0.1) is 5.82 Å². The van der Waals surface area contributed by atoms with E-state index in [-0.39, 0.29) is 18.3 Å². The van der Waals surface area contributed by atoms with E-state index in [1.54, 1.807) is 37.3 Å². The predicted octanol–water partition coefficient (Wildman–Crippen LogP) is 4.42. The molecule has 0 spiro atoms. The Morgan fingerprint density at radius 3 is 2.52 bits per heavy atom. The molecule has 2 aromatic carbocycles. The maximum Gasteiger partial charge on any atom is 0.251 e. The van der Waals surface area contributed by atoms with Crippen LogP contribution in [-0.2, 0) is 10.3 Å². The van der Waals surface area contributed by atoms with E-state index in [2.05, 4.69) is 5.32 Å². The fraction of sp³-hybridized carbons (Fsp3) is 0.235. The summed E-state index contributed by atoms with van der Waals surface area (Å²) in [6, 6.07) is 10.9. The number of methoxy groups -OCH3 is 1. The molecule has 0 aliphatic rings. The lowest BCUT2D eigenvalue weighted by atomic mass is 9.95. The van der Waals surface area contributed by atoms with Gasteiger partial charge in [-0.25, -0.2) is 4.39 Å². The Balaban J connectivity index is 2.15. The van der Waals surface area contributed by atoms with Crippen LogP contribution in [0.25, 0.3) is 0 Å². The summed E-state index contributed by atoms with van der Waals surface area (Å²) in [5.41, 5.74) is -0.250. The van der Waals surface area contributed by atoms with Gasteiger partial charge in [-0.15, -0.1) is 0 Å². The number of ether oxygens (including phenoxy) is 1. The topological polar surface area (TPSA) is 38.3 Å². The fourth-order valence-electron chi connectivity index (χ4n) is 2.16. The third kappa shape index (κ3) is 4.02. The Kier molecular flexibility index (Phi) is 5.63. The molecule has 6 heteroatoms. The minimum atomic E-state index is -0.989. The number of benzene rings is 2. The zero-order valence-electron chi connectivity index (χ0n) is 12.7. The summed E-state index contributed by atoms with van der Waals surface area (Å²) in [5.74, 6) is -0.733.